The fourth-order valence-electron chi connectivity index (χ4n) is 2.18. The normalized spacial score (nSPS) is 11.4. The van der Waals surface area contributed by atoms with E-state index in [1.165, 1.54) is 4.57 Å². The van der Waals surface area contributed by atoms with E-state index in [-0.39, 0.29) is 11.6 Å². The maximum Gasteiger partial charge on any atom is 0.207 e. The molecule has 0 amide bonds. The van der Waals surface area contributed by atoms with Crippen molar-refractivity contribution in [3.63, 3.8) is 0 Å². The zero-order chi connectivity index (χ0) is 13.7. The van der Waals surface area contributed by atoms with Crippen LogP contribution in [0, 0.1) is 18.6 Å². The quantitative estimate of drug-likeness (QED) is 0.729. The van der Waals surface area contributed by atoms with Gasteiger partial charge in [0.05, 0.1) is 11.4 Å². The summed E-state index contributed by atoms with van der Waals surface area (Å²) >= 11 is 0. The molecule has 7 heteroatoms. The molecule has 0 aliphatic rings. The van der Waals surface area contributed by atoms with Crippen LogP contribution in [0.1, 0.15) is 5.69 Å². The van der Waals surface area contributed by atoms with Crippen LogP contribution in [0.2, 0.25) is 0 Å². The van der Waals surface area contributed by atoms with Crippen molar-refractivity contribution in [2.24, 2.45) is 7.05 Å². The summed E-state index contributed by atoms with van der Waals surface area (Å²) in [7, 11) is 1.70. The molecule has 0 saturated heterocycles. The van der Waals surface area contributed by atoms with E-state index < -0.39 is 11.6 Å². The van der Waals surface area contributed by atoms with Crippen molar-refractivity contribution in [2.75, 3.05) is 5.73 Å². The summed E-state index contributed by atoms with van der Waals surface area (Å²) in [6, 6.07) is 3.19. The van der Waals surface area contributed by atoms with Crippen molar-refractivity contribution >= 4 is 17.1 Å². The molecular formula is C12H11F2N5. The number of anilines is 1. The zero-order valence-electron chi connectivity index (χ0n) is 10.4. The summed E-state index contributed by atoms with van der Waals surface area (Å²) in [4.78, 5) is 4.15. The van der Waals surface area contributed by atoms with Crippen molar-refractivity contribution in [1.29, 1.82) is 0 Å². The third kappa shape index (κ3) is 1.58. The van der Waals surface area contributed by atoms with E-state index in [2.05, 4.69) is 10.1 Å². The smallest absolute Gasteiger partial charge is 0.207 e. The molecule has 2 N–H and O–H groups in total. The molecule has 3 rings (SSSR count). The molecule has 0 radical (unpaired) electrons. The molecule has 0 atom stereocenters. The number of rotatable bonds is 1. The summed E-state index contributed by atoms with van der Waals surface area (Å²) in [6.45, 7) is 1.78. The van der Waals surface area contributed by atoms with E-state index in [0.717, 1.165) is 18.2 Å². The van der Waals surface area contributed by atoms with Crippen molar-refractivity contribution in [3.05, 3.63) is 35.5 Å². The van der Waals surface area contributed by atoms with Gasteiger partial charge in [-0.3, -0.25) is 4.57 Å². The Labute approximate surface area is 107 Å². The van der Waals surface area contributed by atoms with Crippen LogP contribution in [-0.4, -0.2) is 19.3 Å². The number of nitrogens with zero attached hydrogens (tertiary/aromatic N) is 4. The monoisotopic (exact) mass is 263 g/mol. The van der Waals surface area contributed by atoms with Gasteiger partial charge in [-0.05, 0) is 19.1 Å². The van der Waals surface area contributed by atoms with Gasteiger partial charge in [-0.2, -0.15) is 5.10 Å². The van der Waals surface area contributed by atoms with Gasteiger partial charge in [0.25, 0.3) is 0 Å². The second-order valence-corrected chi connectivity index (χ2v) is 4.28. The first-order valence-corrected chi connectivity index (χ1v) is 5.62. The molecule has 2 aromatic heterocycles. The van der Waals surface area contributed by atoms with E-state index in [4.69, 9.17) is 5.73 Å². The Balaban J connectivity index is 2.42. The van der Waals surface area contributed by atoms with Gasteiger partial charge in [0, 0.05) is 13.1 Å². The van der Waals surface area contributed by atoms with Gasteiger partial charge in [0.15, 0.2) is 5.65 Å². The Kier molecular flexibility index (Phi) is 2.31. The Hall–Kier alpha value is -2.44. The highest BCUT2D eigenvalue weighted by molar-refractivity contribution is 5.80. The number of nitrogens with two attached hydrogens (primary N) is 1. The molecule has 0 aliphatic heterocycles. The Bertz CT molecular complexity index is 787. The maximum atomic E-state index is 13.9. The summed E-state index contributed by atoms with van der Waals surface area (Å²) in [6.07, 6.45) is 0. The molecule has 19 heavy (non-hydrogen) atoms. The predicted octanol–water partition coefficient (Wildman–Crippen LogP) is 1.93. The van der Waals surface area contributed by atoms with Crippen LogP contribution in [-0.2, 0) is 7.05 Å². The number of hydrogen-bond acceptors (Lipinski definition) is 3. The number of aryl methyl sites for hydroxylation is 2. The Morgan fingerprint density at radius 2 is 2.00 bits per heavy atom. The van der Waals surface area contributed by atoms with Gasteiger partial charge in [-0.15, -0.1) is 0 Å². The molecule has 0 unspecified atom stereocenters. The second-order valence-electron chi connectivity index (χ2n) is 4.28. The molecule has 2 heterocycles. The lowest BCUT2D eigenvalue weighted by Gasteiger charge is -2.08. The topological polar surface area (TPSA) is 61.7 Å². The average molecular weight is 263 g/mol. The van der Waals surface area contributed by atoms with Crippen molar-refractivity contribution in [3.8, 4) is 5.69 Å². The summed E-state index contributed by atoms with van der Waals surface area (Å²) in [5.74, 6) is -1.03. The third-order valence-electron chi connectivity index (χ3n) is 2.98. The number of imidazole rings is 1. The van der Waals surface area contributed by atoms with Crippen molar-refractivity contribution in [2.45, 2.75) is 6.92 Å². The first-order valence-electron chi connectivity index (χ1n) is 5.62. The first kappa shape index (κ1) is 11.6. The van der Waals surface area contributed by atoms with Crippen LogP contribution in [0.3, 0.4) is 0 Å². The largest absolute Gasteiger partial charge is 0.369 e. The summed E-state index contributed by atoms with van der Waals surface area (Å²) in [5, 5.41) is 4.19. The zero-order valence-corrected chi connectivity index (χ0v) is 10.4. The number of hydrogen-bond donors (Lipinski definition) is 1. The lowest BCUT2D eigenvalue weighted by Crippen LogP contribution is -2.07. The maximum absolute atomic E-state index is 13.9. The van der Waals surface area contributed by atoms with Gasteiger partial charge in [0.2, 0.25) is 5.95 Å². The molecule has 5 nitrogen and oxygen atoms in total. The van der Waals surface area contributed by atoms with E-state index in [0.29, 0.717) is 16.9 Å². The van der Waals surface area contributed by atoms with E-state index in [1.54, 1.807) is 18.7 Å². The number of aromatic nitrogens is 4. The predicted molar refractivity (Wildman–Crippen MR) is 66.9 cm³/mol. The lowest BCUT2D eigenvalue weighted by atomic mass is 10.3. The molecule has 3 aromatic rings. The van der Waals surface area contributed by atoms with Crippen LogP contribution in [0.5, 0.6) is 0 Å². The van der Waals surface area contributed by atoms with E-state index in [1.807, 2.05) is 0 Å². The molecule has 0 saturated carbocycles. The van der Waals surface area contributed by atoms with Crippen LogP contribution < -0.4 is 5.73 Å². The first-order chi connectivity index (χ1) is 8.99. The molecule has 0 bridgehead atoms. The van der Waals surface area contributed by atoms with Gasteiger partial charge >= 0.3 is 0 Å². The van der Waals surface area contributed by atoms with Crippen molar-refractivity contribution < 1.29 is 8.78 Å². The second kappa shape index (κ2) is 3.78. The van der Waals surface area contributed by atoms with Gasteiger partial charge in [0.1, 0.15) is 17.2 Å². The number of halogens is 2. The van der Waals surface area contributed by atoms with E-state index in [9.17, 15) is 8.78 Å². The molecule has 0 aliphatic carbocycles. The fraction of sp³-hybridized carbons (Fsp3) is 0.167. The Morgan fingerprint density at radius 1 is 1.26 bits per heavy atom. The molecule has 0 fully saturated rings. The lowest BCUT2D eigenvalue weighted by molar-refractivity contribution is 0.593. The van der Waals surface area contributed by atoms with Gasteiger partial charge < -0.3 is 5.73 Å². The number of benzene rings is 1. The summed E-state index contributed by atoms with van der Waals surface area (Å²) in [5.41, 5.74) is 7.61. The van der Waals surface area contributed by atoms with Gasteiger partial charge in [-0.1, -0.05) is 0 Å². The number of nitrogen functional groups attached to an aromatic ring is 1. The highest BCUT2D eigenvalue weighted by Gasteiger charge is 2.19. The van der Waals surface area contributed by atoms with Gasteiger partial charge in [-0.25, -0.2) is 18.4 Å². The minimum Gasteiger partial charge on any atom is -0.369 e. The SMILES string of the molecule is Cc1nn(C)c2c1nc(N)n2-c1cc(F)ccc1F. The van der Waals surface area contributed by atoms with Crippen molar-refractivity contribution in [1.82, 2.24) is 19.3 Å². The Morgan fingerprint density at radius 3 is 2.74 bits per heavy atom. The fourth-order valence-corrected chi connectivity index (χ4v) is 2.18. The molecular weight excluding hydrogens is 252 g/mol. The number of fused-ring (bicyclic) bond motifs is 1. The molecule has 98 valence electrons. The average Bonchev–Trinajstić information content (AvgIpc) is 2.81. The summed E-state index contributed by atoms with van der Waals surface area (Å²) < 4.78 is 30.1. The minimum absolute atomic E-state index is 0.0167. The standard InChI is InChI=1S/C12H11F2N5/c1-6-10-11(18(2)17-6)19(12(15)16-10)9-5-7(13)3-4-8(9)14/h3-5H,1-2H3,(H2,15,16). The van der Waals surface area contributed by atoms with Crippen LogP contribution in [0.4, 0.5) is 14.7 Å². The highest BCUT2D eigenvalue weighted by Crippen LogP contribution is 2.26. The minimum atomic E-state index is -0.578. The molecule has 0 spiro atoms. The third-order valence-corrected chi connectivity index (χ3v) is 2.98. The van der Waals surface area contributed by atoms with E-state index >= 15 is 0 Å². The molecule has 1 aromatic carbocycles. The highest BCUT2D eigenvalue weighted by atomic mass is 19.1. The van der Waals surface area contributed by atoms with Crippen LogP contribution in [0.25, 0.3) is 16.9 Å². The van der Waals surface area contributed by atoms with Crippen LogP contribution in [0.15, 0.2) is 18.2 Å². The van der Waals surface area contributed by atoms with Crippen LogP contribution >= 0.6 is 0 Å².